The van der Waals surface area contributed by atoms with E-state index in [2.05, 4.69) is 0 Å². The topological polar surface area (TPSA) is 23.8 Å². The summed E-state index contributed by atoms with van der Waals surface area (Å²) in [6, 6.07) is 8.68. The highest BCUT2D eigenvalue weighted by atomic mass is 19.1. The molecule has 0 bridgehead atoms. The molecule has 0 aliphatic heterocycles. The lowest BCUT2D eigenvalue weighted by atomic mass is 9.76. The molecule has 2 aliphatic rings. The average molecular weight is 386 g/mol. The average Bonchev–Trinajstić information content (AvgIpc) is 2.73. The number of halogens is 2. The van der Waals surface area contributed by atoms with Crippen LogP contribution < -0.4 is 0 Å². The van der Waals surface area contributed by atoms with Gasteiger partial charge in [0, 0.05) is 0 Å². The third-order valence-electron chi connectivity index (χ3n) is 7.04. The summed E-state index contributed by atoms with van der Waals surface area (Å²) in [7, 11) is 0. The van der Waals surface area contributed by atoms with Crippen LogP contribution in [0.1, 0.15) is 88.5 Å². The first kappa shape index (κ1) is 21.0. The van der Waals surface area contributed by atoms with Crippen LogP contribution in [-0.2, 0) is 0 Å². The number of hydrogen-bond acceptors (Lipinski definition) is 1. The van der Waals surface area contributed by atoms with Gasteiger partial charge in [0.1, 0.15) is 11.9 Å². The second kappa shape index (κ2) is 10.7. The Morgan fingerprint density at radius 1 is 0.893 bits per heavy atom. The largest absolute Gasteiger partial charge is 0.207 e. The maximum atomic E-state index is 13.1. The van der Waals surface area contributed by atoms with Crippen molar-refractivity contribution in [3.63, 3.8) is 0 Å². The highest BCUT2D eigenvalue weighted by molar-refractivity contribution is 5.20. The molecule has 1 nitrogen and oxygen atoms in total. The van der Waals surface area contributed by atoms with Crippen molar-refractivity contribution in [2.45, 2.75) is 83.0 Å². The van der Waals surface area contributed by atoms with Crippen molar-refractivity contribution in [2.75, 3.05) is 0 Å². The van der Waals surface area contributed by atoms with Gasteiger partial charge in [-0.1, -0.05) is 37.8 Å². The Morgan fingerprint density at radius 2 is 1.43 bits per heavy atom. The summed E-state index contributed by atoms with van der Waals surface area (Å²) in [6.07, 6.45) is 16.4. The van der Waals surface area contributed by atoms with Gasteiger partial charge in [-0.25, -0.2) is 4.39 Å². The molecule has 2 aliphatic carbocycles. The Hall–Kier alpha value is -1.69. The van der Waals surface area contributed by atoms with E-state index in [1.165, 1.54) is 75.8 Å². The van der Waals surface area contributed by atoms with Crippen molar-refractivity contribution in [1.82, 2.24) is 0 Å². The van der Waals surface area contributed by atoms with Crippen LogP contribution in [0, 0.1) is 34.9 Å². The summed E-state index contributed by atoms with van der Waals surface area (Å²) in [6.45, 7) is 0. The molecule has 0 N–H and O–H groups in total. The lowest BCUT2D eigenvalue weighted by Crippen LogP contribution is -2.14. The number of hydrogen-bond donors (Lipinski definition) is 0. The van der Waals surface area contributed by atoms with Gasteiger partial charge in [0.25, 0.3) is 0 Å². The van der Waals surface area contributed by atoms with E-state index in [-0.39, 0.29) is 11.7 Å². The first-order valence-electron chi connectivity index (χ1n) is 11.2. The van der Waals surface area contributed by atoms with E-state index in [1.54, 1.807) is 18.2 Å². The van der Waals surface area contributed by atoms with Gasteiger partial charge in [-0.05, 0) is 98.8 Å². The van der Waals surface area contributed by atoms with Gasteiger partial charge >= 0.3 is 0 Å². The van der Waals surface area contributed by atoms with E-state index in [4.69, 9.17) is 5.26 Å². The van der Waals surface area contributed by atoms with Crippen molar-refractivity contribution >= 4 is 0 Å². The fourth-order valence-corrected chi connectivity index (χ4v) is 5.27. The standard InChI is InChI=1S/C25H33F2N/c26-24-15-13-23(14-16-24)22-11-9-20(10-12-22)4-2-1-3-19-5-7-21(8-6-19)17-25(27)18-28/h13-17,19-22H,1-12H2/t19-,20-,21-,22-. The second-order valence-electron chi connectivity index (χ2n) is 8.96. The van der Waals surface area contributed by atoms with Gasteiger partial charge in [-0.3, -0.25) is 0 Å². The maximum Gasteiger partial charge on any atom is 0.196 e. The number of nitrogens with zero attached hydrogens (tertiary/aromatic N) is 1. The zero-order chi connectivity index (χ0) is 19.8. The van der Waals surface area contributed by atoms with Gasteiger partial charge in [0.05, 0.1) is 0 Å². The third kappa shape index (κ3) is 6.43. The van der Waals surface area contributed by atoms with Gasteiger partial charge < -0.3 is 0 Å². The summed E-state index contributed by atoms with van der Waals surface area (Å²) < 4.78 is 26.1. The molecule has 1 aromatic rings. The smallest absolute Gasteiger partial charge is 0.196 e. The van der Waals surface area contributed by atoms with Crippen LogP contribution in [0.5, 0.6) is 0 Å². The SMILES string of the molecule is N#CC(F)=C[C@H]1CC[C@H](CCCC[C@H]2CC[C@H](c3ccc(F)cc3)CC2)CC1. The van der Waals surface area contributed by atoms with Crippen molar-refractivity contribution < 1.29 is 8.78 Å². The van der Waals surface area contributed by atoms with Gasteiger partial charge in [-0.2, -0.15) is 9.65 Å². The van der Waals surface area contributed by atoms with Crippen LogP contribution in [0.15, 0.2) is 36.2 Å². The number of unbranched alkanes of at least 4 members (excludes halogenated alkanes) is 1. The normalized spacial score (nSPS) is 28.7. The zero-order valence-electron chi connectivity index (χ0n) is 16.9. The molecule has 0 atom stereocenters. The second-order valence-corrected chi connectivity index (χ2v) is 8.96. The first-order chi connectivity index (χ1) is 13.6. The Kier molecular flexibility index (Phi) is 8.07. The Bertz CT molecular complexity index is 657. The summed E-state index contributed by atoms with van der Waals surface area (Å²) in [4.78, 5) is 0. The van der Waals surface area contributed by atoms with Crippen molar-refractivity contribution in [1.29, 1.82) is 5.26 Å². The van der Waals surface area contributed by atoms with E-state index < -0.39 is 5.83 Å². The predicted molar refractivity (Wildman–Crippen MR) is 110 cm³/mol. The molecular weight excluding hydrogens is 352 g/mol. The molecule has 2 saturated carbocycles. The molecule has 0 radical (unpaired) electrons. The minimum absolute atomic E-state index is 0.142. The molecule has 0 aromatic heterocycles. The van der Waals surface area contributed by atoms with E-state index in [0.717, 1.165) is 24.7 Å². The highest BCUT2D eigenvalue weighted by Crippen LogP contribution is 2.38. The Balaban J connectivity index is 1.27. The van der Waals surface area contributed by atoms with Crippen LogP contribution in [0.25, 0.3) is 0 Å². The van der Waals surface area contributed by atoms with E-state index in [9.17, 15) is 8.78 Å². The fraction of sp³-hybridized carbons (Fsp3) is 0.640. The lowest BCUT2D eigenvalue weighted by molar-refractivity contribution is 0.272. The monoisotopic (exact) mass is 385 g/mol. The van der Waals surface area contributed by atoms with Crippen LogP contribution in [0.2, 0.25) is 0 Å². The zero-order valence-corrected chi connectivity index (χ0v) is 16.9. The van der Waals surface area contributed by atoms with E-state index in [0.29, 0.717) is 5.92 Å². The molecule has 0 amide bonds. The van der Waals surface area contributed by atoms with Crippen LogP contribution >= 0.6 is 0 Å². The van der Waals surface area contributed by atoms with Crippen LogP contribution in [-0.4, -0.2) is 0 Å². The van der Waals surface area contributed by atoms with Crippen LogP contribution in [0.4, 0.5) is 8.78 Å². The fourth-order valence-electron chi connectivity index (χ4n) is 5.27. The summed E-state index contributed by atoms with van der Waals surface area (Å²) >= 11 is 0. The maximum absolute atomic E-state index is 13.1. The Labute approximate surface area is 168 Å². The summed E-state index contributed by atoms with van der Waals surface area (Å²) in [5, 5.41) is 8.54. The lowest BCUT2D eigenvalue weighted by Gasteiger charge is -2.29. The molecule has 0 heterocycles. The molecule has 0 unspecified atom stereocenters. The van der Waals surface area contributed by atoms with Crippen molar-refractivity contribution in [3.05, 3.63) is 47.5 Å². The third-order valence-corrected chi connectivity index (χ3v) is 7.04. The highest BCUT2D eigenvalue weighted by Gasteiger charge is 2.23. The first-order valence-corrected chi connectivity index (χ1v) is 11.2. The number of rotatable bonds is 7. The van der Waals surface area contributed by atoms with Crippen LogP contribution in [0.3, 0.4) is 0 Å². The van der Waals surface area contributed by atoms with Gasteiger partial charge in [0.2, 0.25) is 0 Å². The van der Waals surface area contributed by atoms with E-state index in [1.807, 2.05) is 12.1 Å². The van der Waals surface area contributed by atoms with Gasteiger partial charge in [0.15, 0.2) is 5.83 Å². The minimum Gasteiger partial charge on any atom is -0.207 e. The molecule has 1 aromatic carbocycles. The minimum atomic E-state index is -0.613. The molecule has 0 spiro atoms. The van der Waals surface area contributed by atoms with Crippen molar-refractivity contribution in [2.24, 2.45) is 17.8 Å². The molecule has 0 saturated heterocycles. The molecular formula is C25H33F2N. The number of allylic oxidation sites excluding steroid dienone is 2. The van der Waals surface area contributed by atoms with Gasteiger partial charge in [-0.15, -0.1) is 0 Å². The quantitative estimate of drug-likeness (QED) is 0.346. The summed E-state index contributed by atoms with van der Waals surface area (Å²) in [5.74, 6) is 1.80. The van der Waals surface area contributed by atoms with Crippen molar-refractivity contribution in [3.8, 4) is 6.07 Å². The molecule has 3 rings (SSSR count). The molecule has 28 heavy (non-hydrogen) atoms. The molecule has 152 valence electrons. The predicted octanol–water partition coefficient (Wildman–Crippen LogP) is 7.84. The van der Waals surface area contributed by atoms with E-state index >= 15 is 0 Å². The molecule has 2 fully saturated rings. The summed E-state index contributed by atoms with van der Waals surface area (Å²) in [5.41, 5.74) is 1.31. The molecule has 3 heteroatoms. The number of benzene rings is 1. The Morgan fingerprint density at radius 3 is 1.96 bits per heavy atom. The number of nitriles is 1.